The largest absolute Gasteiger partial charge is 0.355 e. The van der Waals surface area contributed by atoms with Gasteiger partial charge in [0.2, 0.25) is 0 Å². The van der Waals surface area contributed by atoms with Crippen LogP contribution in [0.15, 0.2) is 42.6 Å². The molecule has 2 N–H and O–H groups in total. The van der Waals surface area contributed by atoms with E-state index in [1.807, 2.05) is 24.3 Å². The highest BCUT2D eigenvalue weighted by Gasteiger charge is 2.18. The molecule has 1 aromatic heterocycles. The van der Waals surface area contributed by atoms with Crippen molar-refractivity contribution in [2.45, 2.75) is 38.6 Å². The van der Waals surface area contributed by atoms with E-state index in [0.717, 1.165) is 29.8 Å². The summed E-state index contributed by atoms with van der Waals surface area (Å²) in [6, 6.07) is 12.1. The molecule has 1 amide bonds. The van der Waals surface area contributed by atoms with Crippen molar-refractivity contribution in [2.75, 3.05) is 5.32 Å². The maximum absolute atomic E-state index is 12.3. The van der Waals surface area contributed by atoms with Gasteiger partial charge in [-0.3, -0.25) is 9.78 Å². The lowest BCUT2D eigenvalue weighted by Crippen LogP contribution is -2.33. The molecule has 1 aliphatic carbocycles. The number of hydrogen-bond acceptors (Lipinski definition) is 3. The summed E-state index contributed by atoms with van der Waals surface area (Å²) in [5.74, 6) is -0.0830. The summed E-state index contributed by atoms with van der Waals surface area (Å²) >= 11 is 0. The number of anilines is 2. The van der Waals surface area contributed by atoms with Crippen LogP contribution in [0.25, 0.3) is 0 Å². The number of aryl methyl sites for hydroxylation is 1. The van der Waals surface area contributed by atoms with Gasteiger partial charge in [-0.05, 0) is 43.5 Å². The van der Waals surface area contributed by atoms with Crippen molar-refractivity contribution >= 4 is 17.3 Å². The third-order valence-corrected chi connectivity index (χ3v) is 4.11. The highest BCUT2D eigenvalue weighted by Crippen LogP contribution is 2.21. The smallest absolute Gasteiger partial charge is 0.270 e. The number of nitrogens with one attached hydrogen (secondary N) is 2. The second-order valence-electron chi connectivity index (χ2n) is 5.82. The van der Waals surface area contributed by atoms with Crippen LogP contribution >= 0.6 is 0 Å². The molecule has 1 saturated carbocycles. The van der Waals surface area contributed by atoms with Gasteiger partial charge in [0.15, 0.2) is 0 Å². The number of carbonyl (C=O) groups is 1. The average Bonchev–Trinajstić information content (AvgIpc) is 3.03. The molecule has 1 aromatic carbocycles. The Kier molecular flexibility index (Phi) is 4.37. The van der Waals surface area contributed by atoms with E-state index in [4.69, 9.17) is 0 Å². The van der Waals surface area contributed by atoms with Gasteiger partial charge in [0, 0.05) is 23.6 Å². The van der Waals surface area contributed by atoms with Crippen LogP contribution in [0.5, 0.6) is 0 Å². The molecule has 4 heteroatoms. The first kappa shape index (κ1) is 14.6. The number of para-hydroxylation sites is 1. The zero-order chi connectivity index (χ0) is 15.4. The van der Waals surface area contributed by atoms with Crippen molar-refractivity contribution in [3.8, 4) is 0 Å². The van der Waals surface area contributed by atoms with E-state index in [-0.39, 0.29) is 5.91 Å². The van der Waals surface area contributed by atoms with Gasteiger partial charge in [-0.25, -0.2) is 0 Å². The van der Waals surface area contributed by atoms with Crippen LogP contribution in [0.4, 0.5) is 11.4 Å². The summed E-state index contributed by atoms with van der Waals surface area (Å²) in [5.41, 5.74) is 3.54. The molecule has 1 fully saturated rings. The van der Waals surface area contributed by atoms with Gasteiger partial charge in [-0.1, -0.05) is 31.0 Å². The minimum absolute atomic E-state index is 0.0830. The number of pyridine rings is 1. The Balaban J connectivity index is 1.72. The van der Waals surface area contributed by atoms with E-state index in [2.05, 4.69) is 28.6 Å². The van der Waals surface area contributed by atoms with Crippen molar-refractivity contribution in [2.24, 2.45) is 0 Å². The molecule has 2 aromatic rings. The highest BCUT2D eigenvalue weighted by molar-refractivity contribution is 5.93. The van der Waals surface area contributed by atoms with E-state index < -0.39 is 0 Å². The molecular weight excluding hydrogens is 274 g/mol. The molecule has 4 nitrogen and oxygen atoms in total. The summed E-state index contributed by atoms with van der Waals surface area (Å²) in [6.07, 6.45) is 6.23. The molecule has 0 bridgehead atoms. The number of hydrogen-bond donors (Lipinski definition) is 2. The first-order chi connectivity index (χ1) is 10.7. The van der Waals surface area contributed by atoms with E-state index in [9.17, 15) is 4.79 Å². The van der Waals surface area contributed by atoms with Crippen LogP contribution in [-0.2, 0) is 0 Å². The zero-order valence-corrected chi connectivity index (χ0v) is 12.8. The summed E-state index contributed by atoms with van der Waals surface area (Å²) in [7, 11) is 0. The number of benzene rings is 1. The van der Waals surface area contributed by atoms with Gasteiger partial charge >= 0.3 is 0 Å². The van der Waals surface area contributed by atoms with E-state index in [1.54, 1.807) is 12.3 Å². The third-order valence-electron chi connectivity index (χ3n) is 4.11. The molecule has 0 saturated heterocycles. The second kappa shape index (κ2) is 6.60. The predicted octanol–water partition coefficient (Wildman–Crippen LogP) is 3.81. The van der Waals surface area contributed by atoms with Gasteiger partial charge in [-0.2, -0.15) is 0 Å². The van der Waals surface area contributed by atoms with Crippen molar-refractivity contribution < 1.29 is 4.79 Å². The Hall–Kier alpha value is -2.36. The molecule has 0 radical (unpaired) electrons. The topological polar surface area (TPSA) is 54.0 Å². The fourth-order valence-corrected chi connectivity index (χ4v) is 2.83. The van der Waals surface area contributed by atoms with Crippen LogP contribution in [-0.4, -0.2) is 16.9 Å². The zero-order valence-electron chi connectivity index (χ0n) is 12.8. The lowest BCUT2D eigenvalue weighted by molar-refractivity contribution is 0.0933. The second-order valence-corrected chi connectivity index (χ2v) is 5.82. The summed E-state index contributed by atoms with van der Waals surface area (Å²) < 4.78 is 0. The summed E-state index contributed by atoms with van der Waals surface area (Å²) in [6.45, 7) is 2.05. The quantitative estimate of drug-likeness (QED) is 0.902. The van der Waals surface area contributed by atoms with E-state index in [0.29, 0.717) is 11.7 Å². The van der Waals surface area contributed by atoms with Crippen molar-refractivity contribution in [3.63, 3.8) is 0 Å². The lowest BCUT2D eigenvalue weighted by Gasteiger charge is -2.13. The summed E-state index contributed by atoms with van der Waals surface area (Å²) in [4.78, 5) is 16.5. The molecule has 1 aliphatic rings. The molecule has 0 spiro atoms. The maximum atomic E-state index is 12.3. The van der Waals surface area contributed by atoms with E-state index in [1.165, 1.54) is 12.8 Å². The Bertz CT molecular complexity index is 663. The Labute approximate surface area is 131 Å². The molecule has 0 atom stereocenters. The van der Waals surface area contributed by atoms with Gasteiger partial charge in [0.1, 0.15) is 5.69 Å². The number of amides is 1. The van der Waals surface area contributed by atoms with Crippen LogP contribution in [0.3, 0.4) is 0 Å². The van der Waals surface area contributed by atoms with Crippen molar-refractivity contribution in [1.29, 1.82) is 0 Å². The fourth-order valence-electron chi connectivity index (χ4n) is 2.83. The number of rotatable bonds is 4. The number of carbonyl (C=O) groups excluding carboxylic acids is 1. The summed E-state index contributed by atoms with van der Waals surface area (Å²) in [5, 5.41) is 6.41. The Morgan fingerprint density at radius 3 is 2.73 bits per heavy atom. The monoisotopic (exact) mass is 295 g/mol. The van der Waals surface area contributed by atoms with Crippen molar-refractivity contribution in [1.82, 2.24) is 10.3 Å². The molecule has 22 heavy (non-hydrogen) atoms. The maximum Gasteiger partial charge on any atom is 0.270 e. The fraction of sp³-hybridized carbons (Fsp3) is 0.333. The molecule has 0 unspecified atom stereocenters. The third kappa shape index (κ3) is 3.45. The predicted molar refractivity (Wildman–Crippen MR) is 88.4 cm³/mol. The molecule has 114 valence electrons. The Morgan fingerprint density at radius 2 is 1.95 bits per heavy atom. The number of nitrogens with zero attached hydrogens (tertiary/aromatic N) is 1. The number of aromatic nitrogens is 1. The van der Waals surface area contributed by atoms with Gasteiger partial charge in [0.05, 0.1) is 0 Å². The SMILES string of the molecule is Cc1ccccc1Nc1ccnc(C(=O)NC2CCCC2)c1. The van der Waals surface area contributed by atoms with Crippen LogP contribution in [0, 0.1) is 6.92 Å². The minimum atomic E-state index is -0.0830. The van der Waals surface area contributed by atoms with Gasteiger partial charge in [0.25, 0.3) is 5.91 Å². The van der Waals surface area contributed by atoms with Crippen LogP contribution < -0.4 is 10.6 Å². The molecule has 3 rings (SSSR count). The molecule has 1 heterocycles. The minimum Gasteiger partial charge on any atom is -0.355 e. The normalized spacial score (nSPS) is 14.8. The Morgan fingerprint density at radius 1 is 1.18 bits per heavy atom. The molecular formula is C18H21N3O. The van der Waals surface area contributed by atoms with Gasteiger partial charge < -0.3 is 10.6 Å². The highest BCUT2D eigenvalue weighted by atomic mass is 16.1. The first-order valence-electron chi connectivity index (χ1n) is 7.82. The molecule has 0 aliphatic heterocycles. The first-order valence-corrected chi connectivity index (χ1v) is 7.82. The lowest BCUT2D eigenvalue weighted by atomic mass is 10.2. The standard InChI is InChI=1S/C18H21N3O/c1-13-6-2-5-9-16(13)20-15-10-11-19-17(12-15)18(22)21-14-7-3-4-8-14/h2,5-6,9-12,14H,3-4,7-8H2,1H3,(H,19,20)(H,21,22). The van der Waals surface area contributed by atoms with E-state index >= 15 is 0 Å². The van der Waals surface area contributed by atoms with Gasteiger partial charge in [-0.15, -0.1) is 0 Å². The van der Waals surface area contributed by atoms with Crippen LogP contribution in [0.1, 0.15) is 41.7 Å². The van der Waals surface area contributed by atoms with Crippen molar-refractivity contribution in [3.05, 3.63) is 53.9 Å². The average molecular weight is 295 g/mol. The van der Waals surface area contributed by atoms with Crippen LogP contribution in [0.2, 0.25) is 0 Å².